The summed E-state index contributed by atoms with van der Waals surface area (Å²) in [7, 11) is 0. The van der Waals surface area contributed by atoms with E-state index < -0.39 is 0 Å². The Morgan fingerprint density at radius 1 is 1.00 bits per heavy atom. The van der Waals surface area contributed by atoms with E-state index in [1.807, 2.05) is 18.2 Å². The van der Waals surface area contributed by atoms with E-state index in [4.69, 9.17) is 0 Å². The molecule has 2 bridgehead atoms. The third kappa shape index (κ3) is 5.33. The minimum Gasteiger partial charge on any atom is -0.508 e. The summed E-state index contributed by atoms with van der Waals surface area (Å²) in [5.41, 5.74) is 2.50. The predicted octanol–water partition coefficient (Wildman–Crippen LogP) is 6.10. The third-order valence-corrected chi connectivity index (χ3v) is 8.69. The Kier molecular flexibility index (Phi) is 7.24. The molecule has 34 heavy (non-hydrogen) atoms. The fraction of sp³-hybridized carbons (Fsp3) is 0.567. The maximum Gasteiger partial charge on any atom is 0.223 e. The Bertz CT molecular complexity index is 941. The van der Waals surface area contributed by atoms with Crippen LogP contribution in [-0.2, 0) is 11.3 Å². The SMILES string of the molecule is CC(CN1C2CC[C@@H]1CC(c1cccc(O)c1)C2)N(Cc1ccccc1)C(=O)CC1CCCC1. The summed E-state index contributed by atoms with van der Waals surface area (Å²) in [6, 6.07) is 19.7. The van der Waals surface area contributed by atoms with Gasteiger partial charge in [0.15, 0.2) is 0 Å². The molecule has 1 N–H and O–H groups in total. The highest BCUT2D eigenvalue weighted by atomic mass is 16.3. The number of hydrogen-bond acceptors (Lipinski definition) is 3. The second-order valence-corrected chi connectivity index (χ2v) is 11.1. The van der Waals surface area contributed by atoms with Crippen LogP contribution in [0.2, 0.25) is 0 Å². The van der Waals surface area contributed by atoms with Crippen molar-refractivity contribution >= 4 is 5.91 Å². The zero-order valence-corrected chi connectivity index (χ0v) is 20.6. The van der Waals surface area contributed by atoms with Crippen LogP contribution in [0.1, 0.15) is 81.8 Å². The number of rotatable bonds is 8. The Balaban J connectivity index is 1.27. The summed E-state index contributed by atoms with van der Waals surface area (Å²) in [4.78, 5) is 18.4. The molecule has 0 aromatic heterocycles. The van der Waals surface area contributed by atoms with Crippen molar-refractivity contribution < 1.29 is 9.90 Å². The van der Waals surface area contributed by atoms with Gasteiger partial charge >= 0.3 is 0 Å². The average Bonchev–Trinajstić information content (AvgIpc) is 3.42. The topological polar surface area (TPSA) is 43.8 Å². The lowest BCUT2D eigenvalue weighted by Crippen LogP contribution is -2.50. The molecule has 4 nitrogen and oxygen atoms in total. The van der Waals surface area contributed by atoms with Crippen LogP contribution in [0.25, 0.3) is 0 Å². The molecule has 4 atom stereocenters. The van der Waals surface area contributed by atoms with Crippen LogP contribution < -0.4 is 0 Å². The molecule has 2 saturated heterocycles. The first-order valence-corrected chi connectivity index (χ1v) is 13.4. The first-order valence-electron chi connectivity index (χ1n) is 13.4. The van der Waals surface area contributed by atoms with Crippen LogP contribution in [0.15, 0.2) is 54.6 Å². The van der Waals surface area contributed by atoms with Crippen molar-refractivity contribution in [2.24, 2.45) is 5.92 Å². The zero-order valence-electron chi connectivity index (χ0n) is 20.6. The number of aromatic hydroxyl groups is 1. The number of carbonyl (C=O) groups is 1. The lowest BCUT2D eigenvalue weighted by Gasteiger charge is -2.42. The van der Waals surface area contributed by atoms with E-state index in [1.165, 1.54) is 49.7 Å². The molecule has 2 aromatic carbocycles. The molecule has 4 heteroatoms. The summed E-state index contributed by atoms with van der Waals surface area (Å²) >= 11 is 0. The largest absolute Gasteiger partial charge is 0.508 e. The van der Waals surface area contributed by atoms with Gasteiger partial charge in [-0.3, -0.25) is 9.69 Å². The number of hydrogen-bond donors (Lipinski definition) is 1. The van der Waals surface area contributed by atoms with Crippen LogP contribution in [0.3, 0.4) is 0 Å². The Morgan fingerprint density at radius 2 is 1.71 bits per heavy atom. The van der Waals surface area contributed by atoms with Gasteiger partial charge in [-0.2, -0.15) is 0 Å². The van der Waals surface area contributed by atoms with E-state index in [0.717, 1.165) is 19.4 Å². The second-order valence-electron chi connectivity index (χ2n) is 11.1. The molecule has 2 aliphatic heterocycles. The van der Waals surface area contributed by atoms with Crippen LogP contribution in [0.5, 0.6) is 5.75 Å². The van der Waals surface area contributed by atoms with Gasteiger partial charge in [0.05, 0.1) is 0 Å². The van der Waals surface area contributed by atoms with Crippen molar-refractivity contribution in [2.75, 3.05) is 6.54 Å². The van der Waals surface area contributed by atoms with Crippen molar-refractivity contribution in [3.05, 3.63) is 65.7 Å². The van der Waals surface area contributed by atoms with Gasteiger partial charge in [0.2, 0.25) is 5.91 Å². The number of carbonyl (C=O) groups excluding carboxylic acids is 1. The molecule has 5 rings (SSSR count). The van der Waals surface area contributed by atoms with Gasteiger partial charge in [-0.05, 0) is 80.5 Å². The lowest BCUT2D eigenvalue weighted by molar-refractivity contribution is -0.135. The molecule has 182 valence electrons. The Hall–Kier alpha value is -2.33. The van der Waals surface area contributed by atoms with Gasteiger partial charge in [-0.25, -0.2) is 0 Å². The van der Waals surface area contributed by atoms with Crippen LogP contribution >= 0.6 is 0 Å². The lowest BCUT2D eigenvalue weighted by atomic mass is 9.85. The highest BCUT2D eigenvalue weighted by Gasteiger charge is 2.42. The van der Waals surface area contributed by atoms with Crippen molar-refractivity contribution in [1.29, 1.82) is 0 Å². The highest BCUT2D eigenvalue weighted by molar-refractivity contribution is 5.76. The normalized spacial score (nSPS) is 26.0. The predicted molar refractivity (Wildman–Crippen MR) is 137 cm³/mol. The maximum absolute atomic E-state index is 13.5. The van der Waals surface area contributed by atoms with Crippen molar-refractivity contribution in [3.63, 3.8) is 0 Å². The van der Waals surface area contributed by atoms with E-state index in [9.17, 15) is 9.90 Å². The number of phenols is 1. The zero-order chi connectivity index (χ0) is 23.5. The summed E-state index contributed by atoms with van der Waals surface area (Å²) < 4.78 is 0. The molecular formula is C30H40N2O2. The van der Waals surface area contributed by atoms with Crippen molar-refractivity contribution in [2.45, 2.75) is 95.3 Å². The first kappa shape index (κ1) is 23.4. The quantitative estimate of drug-likeness (QED) is 0.518. The second kappa shape index (κ2) is 10.5. The standard InChI is InChI=1S/C30H40N2O2/c1-22(31(21-24-10-3-2-4-11-24)30(34)16-23-8-5-6-9-23)20-32-27-14-15-28(32)18-26(17-27)25-12-7-13-29(33)19-25/h2-4,7,10-13,19,22-23,26-28,33H,5-6,8-9,14-18,20-21H2,1H3/t22?,26?,27-,28?/m1/s1. The number of amides is 1. The van der Waals surface area contributed by atoms with E-state index in [-0.39, 0.29) is 6.04 Å². The minimum atomic E-state index is 0.203. The van der Waals surface area contributed by atoms with Gasteiger partial charge in [0.1, 0.15) is 5.75 Å². The molecular weight excluding hydrogens is 420 g/mol. The molecule has 1 amide bonds. The van der Waals surface area contributed by atoms with E-state index in [1.54, 1.807) is 6.07 Å². The van der Waals surface area contributed by atoms with E-state index in [2.05, 4.69) is 47.1 Å². The highest BCUT2D eigenvalue weighted by Crippen LogP contribution is 2.43. The van der Waals surface area contributed by atoms with Gasteiger partial charge in [0, 0.05) is 37.6 Å². The first-order chi connectivity index (χ1) is 16.6. The molecule has 2 aromatic rings. The monoisotopic (exact) mass is 460 g/mol. The van der Waals surface area contributed by atoms with Gasteiger partial charge in [-0.15, -0.1) is 0 Å². The third-order valence-electron chi connectivity index (χ3n) is 8.69. The number of piperidine rings is 1. The van der Waals surface area contributed by atoms with Crippen LogP contribution in [-0.4, -0.2) is 45.5 Å². The summed E-state index contributed by atoms with van der Waals surface area (Å²) in [6.07, 6.45) is 10.5. The molecule has 1 saturated carbocycles. The number of nitrogens with zero attached hydrogens (tertiary/aromatic N) is 2. The van der Waals surface area contributed by atoms with E-state index in [0.29, 0.717) is 48.5 Å². The Morgan fingerprint density at radius 3 is 2.38 bits per heavy atom. The fourth-order valence-electron chi connectivity index (χ4n) is 6.88. The number of phenolic OH excluding ortho intramolecular Hbond substituents is 1. The van der Waals surface area contributed by atoms with E-state index >= 15 is 0 Å². The molecule has 0 spiro atoms. The molecule has 0 radical (unpaired) electrons. The van der Waals surface area contributed by atoms with Crippen molar-refractivity contribution in [3.8, 4) is 5.75 Å². The van der Waals surface area contributed by atoms with Crippen LogP contribution in [0.4, 0.5) is 0 Å². The van der Waals surface area contributed by atoms with Crippen LogP contribution in [0, 0.1) is 5.92 Å². The Labute approximate surface area is 205 Å². The van der Waals surface area contributed by atoms with Gasteiger partial charge in [0.25, 0.3) is 0 Å². The van der Waals surface area contributed by atoms with Gasteiger partial charge < -0.3 is 10.0 Å². The smallest absolute Gasteiger partial charge is 0.223 e. The summed E-state index contributed by atoms with van der Waals surface area (Å²) in [6.45, 7) is 3.93. The molecule has 3 fully saturated rings. The summed E-state index contributed by atoms with van der Waals surface area (Å²) in [5, 5.41) is 9.95. The van der Waals surface area contributed by atoms with Crippen molar-refractivity contribution in [1.82, 2.24) is 9.80 Å². The fourth-order valence-corrected chi connectivity index (χ4v) is 6.88. The molecule has 3 aliphatic rings. The van der Waals surface area contributed by atoms with Gasteiger partial charge in [-0.1, -0.05) is 55.3 Å². The molecule has 2 heterocycles. The average molecular weight is 461 g/mol. The molecule has 1 aliphatic carbocycles. The number of benzene rings is 2. The summed E-state index contributed by atoms with van der Waals surface area (Å²) in [5.74, 6) is 1.82. The maximum atomic E-state index is 13.5. The number of fused-ring (bicyclic) bond motifs is 2. The molecule has 3 unspecified atom stereocenters. The minimum absolute atomic E-state index is 0.203.